The van der Waals surface area contributed by atoms with E-state index in [1.54, 1.807) is 30.3 Å². The lowest BCUT2D eigenvalue weighted by Gasteiger charge is -2.11. The van der Waals surface area contributed by atoms with Gasteiger partial charge in [0.15, 0.2) is 0 Å². The van der Waals surface area contributed by atoms with Crippen molar-refractivity contribution < 1.29 is 29.3 Å². The molecule has 0 aliphatic carbocycles. The third-order valence-corrected chi connectivity index (χ3v) is 3.49. The van der Waals surface area contributed by atoms with Gasteiger partial charge in [0.25, 0.3) is 0 Å². The number of carboxylic acid groups (broad SMARTS) is 1. The van der Waals surface area contributed by atoms with E-state index in [-0.39, 0.29) is 11.4 Å². The molecule has 0 aliphatic heterocycles. The van der Waals surface area contributed by atoms with Crippen molar-refractivity contribution in [1.29, 1.82) is 0 Å². The van der Waals surface area contributed by atoms with Gasteiger partial charge in [-0.25, -0.2) is 9.59 Å². The zero-order valence-corrected chi connectivity index (χ0v) is 14.0. The first kappa shape index (κ1) is 17.8. The fourth-order valence-electron chi connectivity index (χ4n) is 2.34. The molecule has 1 amide bonds. The quantitative estimate of drug-likeness (QED) is 0.615. The Labute approximate surface area is 154 Å². The molecule has 0 radical (unpaired) electrons. The molecule has 7 nitrogen and oxygen atoms in total. The second-order valence-corrected chi connectivity index (χ2v) is 5.41. The second-order valence-electron chi connectivity index (χ2n) is 5.41. The molecule has 3 aromatic rings. The van der Waals surface area contributed by atoms with Crippen molar-refractivity contribution in [3.63, 3.8) is 0 Å². The Balaban J connectivity index is 1.71. The van der Waals surface area contributed by atoms with Crippen LogP contribution in [0.5, 0.6) is 23.0 Å². The third-order valence-electron chi connectivity index (χ3n) is 3.49. The number of para-hydroxylation sites is 1. The lowest BCUT2D eigenvalue weighted by atomic mass is 10.1. The van der Waals surface area contributed by atoms with Gasteiger partial charge in [0.2, 0.25) is 0 Å². The first-order valence-electron chi connectivity index (χ1n) is 7.90. The summed E-state index contributed by atoms with van der Waals surface area (Å²) in [5, 5.41) is 21.1. The number of carbonyl (C=O) groups excluding carboxylic acids is 1. The van der Waals surface area contributed by atoms with Gasteiger partial charge in [0.05, 0.1) is 5.69 Å². The molecular weight excluding hydrogens is 350 g/mol. The van der Waals surface area contributed by atoms with Crippen molar-refractivity contribution in [2.45, 2.75) is 0 Å². The van der Waals surface area contributed by atoms with Gasteiger partial charge >= 0.3 is 12.1 Å². The molecule has 7 heteroatoms. The third kappa shape index (κ3) is 4.55. The van der Waals surface area contributed by atoms with Crippen molar-refractivity contribution in [2.24, 2.45) is 0 Å². The molecule has 0 spiro atoms. The number of carboxylic acids is 1. The Morgan fingerprint density at radius 2 is 1.48 bits per heavy atom. The summed E-state index contributed by atoms with van der Waals surface area (Å²) in [6, 6.07) is 19.5. The SMILES string of the molecule is O=C(Nc1cccc(O)c1C(=O)O)Oc1cccc(Oc2ccccc2)c1. The van der Waals surface area contributed by atoms with Gasteiger partial charge in [-0.1, -0.05) is 30.3 Å². The first-order chi connectivity index (χ1) is 13.0. The Kier molecular flexibility index (Phi) is 5.22. The van der Waals surface area contributed by atoms with Crippen LogP contribution in [0.3, 0.4) is 0 Å². The number of carbonyl (C=O) groups is 2. The number of hydrogen-bond acceptors (Lipinski definition) is 5. The number of phenols is 1. The summed E-state index contributed by atoms with van der Waals surface area (Å²) in [6.45, 7) is 0. The van der Waals surface area contributed by atoms with E-state index in [0.717, 1.165) is 0 Å². The summed E-state index contributed by atoms with van der Waals surface area (Å²) in [6.07, 6.45) is -0.903. The first-order valence-corrected chi connectivity index (χ1v) is 7.90. The highest BCUT2D eigenvalue weighted by Crippen LogP contribution is 2.27. The Morgan fingerprint density at radius 3 is 2.22 bits per heavy atom. The minimum atomic E-state index is -1.37. The molecule has 0 heterocycles. The van der Waals surface area contributed by atoms with E-state index in [0.29, 0.717) is 11.5 Å². The smallest absolute Gasteiger partial charge is 0.417 e. The normalized spacial score (nSPS) is 10.1. The van der Waals surface area contributed by atoms with Gasteiger partial charge in [-0.3, -0.25) is 5.32 Å². The molecule has 27 heavy (non-hydrogen) atoms. The van der Waals surface area contributed by atoms with Gasteiger partial charge in [-0.05, 0) is 36.4 Å². The minimum absolute atomic E-state index is 0.0795. The monoisotopic (exact) mass is 365 g/mol. The zero-order chi connectivity index (χ0) is 19.2. The van der Waals surface area contributed by atoms with Gasteiger partial charge in [0, 0.05) is 6.07 Å². The fraction of sp³-hybridized carbons (Fsp3) is 0. The topological polar surface area (TPSA) is 105 Å². The number of amides is 1. The number of aromatic hydroxyl groups is 1. The Hall–Kier alpha value is -4.00. The second kappa shape index (κ2) is 7.92. The van der Waals surface area contributed by atoms with Crippen molar-refractivity contribution in [2.75, 3.05) is 5.32 Å². The number of hydrogen-bond donors (Lipinski definition) is 3. The molecule has 0 bridgehead atoms. The Morgan fingerprint density at radius 1 is 0.815 bits per heavy atom. The summed E-state index contributed by atoms with van der Waals surface area (Å²) in [4.78, 5) is 23.3. The van der Waals surface area contributed by atoms with E-state index >= 15 is 0 Å². The lowest BCUT2D eigenvalue weighted by molar-refractivity contribution is 0.0695. The molecule has 0 aliphatic rings. The Bertz CT molecular complexity index is 971. The molecule has 0 saturated carbocycles. The van der Waals surface area contributed by atoms with Crippen LogP contribution in [0, 0.1) is 0 Å². The maximum atomic E-state index is 12.1. The van der Waals surface area contributed by atoms with E-state index in [9.17, 15) is 14.7 Å². The van der Waals surface area contributed by atoms with Crippen molar-refractivity contribution in [3.05, 3.63) is 78.4 Å². The van der Waals surface area contributed by atoms with Crippen LogP contribution in [0.4, 0.5) is 10.5 Å². The molecule has 0 atom stereocenters. The molecule has 0 fully saturated rings. The summed E-state index contributed by atoms with van der Waals surface area (Å²) in [5.74, 6) is -0.529. The fourth-order valence-corrected chi connectivity index (χ4v) is 2.34. The van der Waals surface area contributed by atoms with Gasteiger partial charge < -0.3 is 19.7 Å². The number of rotatable bonds is 5. The van der Waals surface area contributed by atoms with E-state index in [1.165, 1.54) is 24.3 Å². The predicted octanol–water partition coefficient (Wildman–Crippen LogP) is 4.49. The average Bonchev–Trinajstić information content (AvgIpc) is 2.62. The van der Waals surface area contributed by atoms with Crippen molar-refractivity contribution in [1.82, 2.24) is 0 Å². The summed E-state index contributed by atoms with van der Waals surface area (Å²) < 4.78 is 10.8. The lowest BCUT2D eigenvalue weighted by Crippen LogP contribution is -2.18. The summed E-state index contributed by atoms with van der Waals surface area (Å²) in [5.41, 5.74) is -0.500. The van der Waals surface area contributed by atoms with Crippen LogP contribution in [0.25, 0.3) is 0 Å². The molecule has 0 unspecified atom stereocenters. The molecule has 3 N–H and O–H groups in total. The van der Waals surface area contributed by atoms with Crippen LogP contribution < -0.4 is 14.8 Å². The number of aromatic carboxylic acids is 1. The van der Waals surface area contributed by atoms with E-state index < -0.39 is 23.4 Å². The number of nitrogens with one attached hydrogen (secondary N) is 1. The van der Waals surface area contributed by atoms with Crippen LogP contribution in [0.2, 0.25) is 0 Å². The zero-order valence-electron chi connectivity index (χ0n) is 14.0. The van der Waals surface area contributed by atoms with Gasteiger partial charge in [-0.15, -0.1) is 0 Å². The van der Waals surface area contributed by atoms with Crippen LogP contribution in [-0.4, -0.2) is 22.3 Å². The number of benzene rings is 3. The standard InChI is InChI=1S/C20H15NO6/c22-17-11-5-10-16(18(17)19(23)24)21-20(25)27-15-9-4-8-14(12-15)26-13-6-2-1-3-7-13/h1-12,22H,(H,21,25)(H,23,24). The number of anilines is 1. The molecule has 0 aromatic heterocycles. The van der Waals surface area contributed by atoms with Crippen LogP contribution in [0.1, 0.15) is 10.4 Å². The van der Waals surface area contributed by atoms with Crippen LogP contribution in [-0.2, 0) is 0 Å². The largest absolute Gasteiger partial charge is 0.507 e. The van der Waals surface area contributed by atoms with Gasteiger partial charge in [0.1, 0.15) is 28.6 Å². The highest BCUT2D eigenvalue weighted by molar-refractivity contribution is 6.01. The van der Waals surface area contributed by atoms with E-state index in [2.05, 4.69) is 5.32 Å². The maximum Gasteiger partial charge on any atom is 0.417 e. The van der Waals surface area contributed by atoms with E-state index in [4.69, 9.17) is 14.6 Å². The molecular formula is C20H15NO6. The highest BCUT2D eigenvalue weighted by Gasteiger charge is 2.17. The number of ether oxygens (including phenoxy) is 2. The van der Waals surface area contributed by atoms with Gasteiger partial charge in [-0.2, -0.15) is 0 Å². The van der Waals surface area contributed by atoms with E-state index in [1.807, 2.05) is 18.2 Å². The van der Waals surface area contributed by atoms with Crippen molar-refractivity contribution in [3.8, 4) is 23.0 Å². The predicted molar refractivity (Wildman–Crippen MR) is 97.7 cm³/mol. The highest BCUT2D eigenvalue weighted by atomic mass is 16.6. The molecule has 3 rings (SSSR count). The minimum Gasteiger partial charge on any atom is -0.507 e. The molecule has 136 valence electrons. The average molecular weight is 365 g/mol. The summed E-state index contributed by atoms with van der Waals surface area (Å²) >= 11 is 0. The molecule has 0 saturated heterocycles. The summed E-state index contributed by atoms with van der Waals surface area (Å²) in [7, 11) is 0. The maximum absolute atomic E-state index is 12.1. The molecule has 3 aromatic carbocycles. The van der Waals surface area contributed by atoms with Crippen molar-refractivity contribution >= 4 is 17.7 Å². The van der Waals surface area contributed by atoms with Crippen LogP contribution in [0.15, 0.2) is 72.8 Å². The van der Waals surface area contributed by atoms with Crippen LogP contribution >= 0.6 is 0 Å².